The van der Waals surface area contributed by atoms with Gasteiger partial charge in [-0.05, 0) is 38.5 Å². The molecule has 0 aliphatic rings. The zero-order chi connectivity index (χ0) is 15.4. The molecule has 0 aliphatic carbocycles. The van der Waals surface area contributed by atoms with Crippen LogP contribution in [0, 0.1) is 6.92 Å². The molecular weight excluding hydrogens is 284 g/mol. The molecule has 3 N–H and O–H groups in total. The Bertz CT molecular complexity index is 636. The van der Waals surface area contributed by atoms with Gasteiger partial charge in [0.25, 0.3) is 0 Å². The van der Waals surface area contributed by atoms with E-state index in [0.717, 1.165) is 22.0 Å². The molecule has 1 amide bonds. The smallest absolute Gasteiger partial charge is 0.235 e. The number of nitrogens with one attached hydrogen (secondary N) is 1. The van der Waals surface area contributed by atoms with Crippen molar-refractivity contribution in [2.45, 2.75) is 31.7 Å². The van der Waals surface area contributed by atoms with Crippen LogP contribution in [0.15, 0.2) is 35.4 Å². The lowest BCUT2D eigenvalue weighted by Gasteiger charge is -2.12. The summed E-state index contributed by atoms with van der Waals surface area (Å²) < 4.78 is 1.79. The number of hydrogen-bond donors (Lipinski definition) is 2. The summed E-state index contributed by atoms with van der Waals surface area (Å²) in [6.45, 7) is 6.00. The normalized spacial score (nSPS) is 10.9. The fourth-order valence-electron chi connectivity index (χ4n) is 1.93. The highest BCUT2D eigenvalue weighted by Crippen LogP contribution is 2.26. The molecule has 0 atom stereocenters. The van der Waals surface area contributed by atoms with Gasteiger partial charge in [-0.1, -0.05) is 6.07 Å². The molecule has 5 nitrogen and oxygen atoms in total. The topological polar surface area (TPSA) is 72.9 Å². The Balaban J connectivity index is 1.96. The van der Waals surface area contributed by atoms with Gasteiger partial charge >= 0.3 is 0 Å². The second-order valence-electron chi connectivity index (χ2n) is 5.06. The first-order chi connectivity index (χ1) is 9.99. The van der Waals surface area contributed by atoms with Crippen molar-refractivity contribution in [1.82, 2.24) is 9.78 Å². The summed E-state index contributed by atoms with van der Waals surface area (Å²) in [4.78, 5) is 13.1. The highest BCUT2D eigenvalue weighted by molar-refractivity contribution is 8.00. The minimum absolute atomic E-state index is 0.0516. The molecule has 0 bridgehead atoms. The summed E-state index contributed by atoms with van der Waals surface area (Å²) in [5.74, 6) is 1.01. The van der Waals surface area contributed by atoms with Gasteiger partial charge in [0.15, 0.2) is 0 Å². The zero-order valence-electron chi connectivity index (χ0n) is 12.5. The van der Waals surface area contributed by atoms with E-state index in [0.29, 0.717) is 5.75 Å². The van der Waals surface area contributed by atoms with E-state index in [4.69, 9.17) is 5.73 Å². The predicted molar refractivity (Wildman–Crippen MR) is 87.6 cm³/mol. The standard InChI is InChI=1S/C15H20N4OS/c1-10(2)19-14(7-8-17-19)18-15(20)9-21-13-6-4-5-12(16)11(13)3/h4-8,10H,9,16H2,1-3H3,(H,18,20). The van der Waals surface area contributed by atoms with Gasteiger partial charge in [0.1, 0.15) is 5.82 Å². The van der Waals surface area contributed by atoms with Gasteiger partial charge in [-0.25, -0.2) is 4.68 Å². The first kappa shape index (κ1) is 15.4. The third kappa shape index (κ3) is 3.78. The summed E-state index contributed by atoms with van der Waals surface area (Å²) >= 11 is 1.48. The van der Waals surface area contributed by atoms with Crippen LogP contribution in [-0.2, 0) is 4.79 Å². The van der Waals surface area contributed by atoms with Crippen molar-refractivity contribution >= 4 is 29.2 Å². The van der Waals surface area contributed by atoms with Gasteiger partial charge in [0.05, 0.1) is 11.9 Å². The largest absolute Gasteiger partial charge is 0.398 e. The lowest BCUT2D eigenvalue weighted by molar-refractivity contribution is -0.113. The first-order valence-electron chi connectivity index (χ1n) is 6.80. The summed E-state index contributed by atoms with van der Waals surface area (Å²) in [6, 6.07) is 7.74. The van der Waals surface area contributed by atoms with Crippen LogP contribution in [0.1, 0.15) is 25.5 Å². The van der Waals surface area contributed by atoms with Crippen LogP contribution in [0.3, 0.4) is 0 Å². The van der Waals surface area contributed by atoms with E-state index in [1.807, 2.05) is 39.0 Å². The molecule has 0 saturated carbocycles. The molecule has 2 rings (SSSR count). The number of nitrogen functional groups attached to an aromatic ring is 1. The van der Waals surface area contributed by atoms with Crippen molar-refractivity contribution in [3.8, 4) is 0 Å². The van der Waals surface area contributed by atoms with Gasteiger partial charge in [-0.3, -0.25) is 4.79 Å². The van der Waals surface area contributed by atoms with Crippen molar-refractivity contribution in [1.29, 1.82) is 0 Å². The molecule has 6 heteroatoms. The SMILES string of the molecule is Cc1c(N)cccc1SCC(=O)Nc1ccnn1C(C)C. The highest BCUT2D eigenvalue weighted by Gasteiger charge is 2.10. The van der Waals surface area contributed by atoms with Crippen molar-refractivity contribution in [2.75, 3.05) is 16.8 Å². The Morgan fingerprint density at radius 2 is 2.19 bits per heavy atom. The molecule has 2 aromatic rings. The van der Waals surface area contributed by atoms with Gasteiger partial charge in [0.2, 0.25) is 5.91 Å². The van der Waals surface area contributed by atoms with Crippen molar-refractivity contribution < 1.29 is 4.79 Å². The number of carbonyl (C=O) groups is 1. The molecular formula is C15H20N4OS. The number of anilines is 2. The van der Waals surface area contributed by atoms with Crippen molar-refractivity contribution in [2.24, 2.45) is 0 Å². The van der Waals surface area contributed by atoms with Gasteiger partial charge < -0.3 is 11.1 Å². The average molecular weight is 304 g/mol. The molecule has 0 saturated heterocycles. The lowest BCUT2D eigenvalue weighted by Crippen LogP contribution is -2.18. The second-order valence-corrected chi connectivity index (χ2v) is 6.08. The van der Waals surface area contributed by atoms with Crippen LogP contribution in [-0.4, -0.2) is 21.4 Å². The number of aromatic nitrogens is 2. The number of thioether (sulfide) groups is 1. The van der Waals surface area contributed by atoms with E-state index < -0.39 is 0 Å². The molecule has 21 heavy (non-hydrogen) atoms. The van der Waals surface area contributed by atoms with Crippen LogP contribution in [0.4, 0.5) is 11.5 Å². The number of rotatable bonds is 5. The van der Waals surface area contributed by atoms with E-state index in [2.05, 4.69) is 10.4 Å². The highest BCUT2D eigenvalue weighted by atomic mass is 32.2. The maximum atomic E-state index is 12.1. The van der Waals surface area contributed by atoms with Crippen LogP contribution in [0.2, 0.25) is 0 Å². The minimum atomic E-state index is -0.0516. The first-order valence-corrected chi connectivity index (χ1v) is 7.79. The zero-order valence-corrected chi connectivity index (χ0v) is 13.3. The van der Waals surface area contributed by atoms with Gasteiger partial charge in [0, 0.05) is 22.7 Å². The average Bonchev–Trinajstić information content (AvgIpc) is 2.88. The summed E-state index contributed by atoms with van der Waals surface area (Å²) in [6.07, 6.45) is 1.69. The quantitative estimate of drug-likeness (QED) is 0.657. The van der Waals surface area contributed by atoms with Crippen LogP contribution in [0.25, 0.3) is 0 Å². The second kappa shape index (κ2) is 6.67. The van der Waals surface area contributed by atoms with Gasteiger partial charge in [-0.15, -0.1) is 11.8 Å². The Labute approximate surface area is 128 Å². The number of nitrogens with two attached hydrogens (primary N) is 1. The van der Waals surface area contributed by atoms with E-state index >= 15 is 0 Å². The van der Waals surface area contributed by atoms with Crippen molar-refractivity contribution in [3.63, 3.8) is 0 Å². The molecule has 112 valence electrons. The monoisotopic (exact) mass is 304 g/mol. The summed E-state index contributed by atoms with van der Waals surface area (Å²) in [5, 5.41) is 7.08. The minimum Gasteiger partial charge on any atom is -0.398 e. The molecule has 1 heterocycles. The Morgan fingerprint density at radius 3 is 2.90 bits per heavy atom. The number of nitrogens with zero attached hydrogens (tertiary/aromatic N) is 2. The fourth-order valence-corrected chi connectivity index (χ4v) is 2.80. The van der Waals surface area contributed by atoms with E-state index in [9.17, 15) is 4.79 Å². The van der Waals surface area contributed by atoms with Gasteiger partial charge in [-0.2, -0.15) is 5.10 Å². The van der Waals surface area contributed by atoms with E-state index in [1.54, 1.807) is 16.9 Å². The Morgan fingerprint density at radius 1 is 1.43 bits per heavy atom. The number of hydrogen-bond acceptors (Lipinski definition) is 4. The number of carbonyl (C=O) groups excluding carboxylic acids is 1. The Kier molecular flexibility index (Phi) is 4.90. The predicted octanol–water partition coefficient (Wildman–Crippen LogP) is 3.09. The van der Waals surface area contributed by atoms with Crippen molar-refractivity contribution in [3.05, 3.63) is 36.0 Å². The lowest BCUT2D eigenvalue weighted by atomic mass is 10.2. The van der Waals surface area contributed by atoms with Crippen LogP contribution in [0.5, 0.6) is 0 Å². The Hall–Kier alpha value is -1.95. The number of benzene rings is 1. The molecule has 0 fully saturated rings. The molecule has 1 aromatic carbocycles. The maximum Gasteiger partial charge on any atom is 0.235 e. The number of amides is 1. The molecule has 1 aromatic heterocycles. The summed E-state index contributed by atoms with van der Waals surface area (Å²) in [5.41, 5.74) is 7.63. The van der Waals surface area contributed by atoms with E-state index in [1.165, 1.54) is 11.8 Å². The summed E-state index contributed by atoms with van der Waals surface area (Å²) in [7, 11) is 0. The third-order valence-corrected chi connectivity index (χ3v) is 4.27. The fraction of sp³-hybridized carbons (Fsp3) is 0.333. The molecule has 0 aliphatic heterocycles. The molecule has 0 spiro atoms. The third-order valence-electron chi connectivity index (χ3n) is 3.11. The van der Waals surface area contributed by atoms with E-state index in [-0.39, 0.29) is 11.9 Å². The van der Waals surface area contributed by atoms with Crippen LogP contribution < -0.4 is 11.1 Å². The maximum absolute atomic E-state index is 12.1. The van der Waals surface area contributed by atoms with Crippen LogP contribution >= 0.6 is 11.8 Å². The molecule has 0 radical (unpaired) electrons. The molecule has 0 unspecified atom stereocenters.